The van der Waals surface area contributed by atoms with Crippen molar-refractivity contribution in [3.63, 3.8) is 0 Å². The van der Waals surface area contributed by atoms with Gasteiger partial charge in [-0.15, -0.1) is 0 Å². The molecule has 3 aromatic heterocycles. The van der Waals surface area contributed by atoms with Gasteiger partial charge in [0, 0.05) is 95.2 Å². The predicted octanol–water partition coefficient (Wildman–Crippen LogP) is 5.81. The molecule has 2 amide bonds. The number of nitrogens with zero attached hydrogens (tertiary/aromatic N) is 9. The number of halogens is 3. The molecule has 3 aliphatic rings. The van der Waals surface area contributed by atoms with E-state index >= 15 is 0 Å². The Morgan fingerprint density at radius 1 is 0.887 bits per heavy atom. The van der Waals surface area contributed by atoms with Gasteiger partial charge in [0.15, 0.2) is 0 Å². The molecule has 3 saturated heterocycles. The van der Waals surface area contributed by atoms with Crippen molar-refractivity contribution in [1.29, 1.82) is 0 Å². The van der Waals surface area contributed by atoms with Gasteiger partial charge in [0.25, 0.3) is 0 Å². The van der Waals surface area contributed by atoms with Crippen molar-refractivity contribution in [3.8, 4) is 5.75 Å². The Balaban J connectivity index is 0.844. The Bertz CT molecular complexity index is 3170. The SMILES string of the molecule is CCc1cc(Nc2ncc(C(F)(F)F)c(Nc3ccc4nccnc4c3NS(C)(=O)=O)n2)c(OC)cc1N1CCC(N2CCN(CCc3cccc4c3n(CC)c(=O)n4C3CCC(=O)NC3=O)CC2)CC1. The van der Waals surface area contributed by atoms with Crippen molar-refractivity contribution >= 4 is 78.4 Å². The lowest BCUT2D eigenvalue weighted by Crippen LogP contribution is -2.53. The number of imidazole rings is 1. The molecule has 3 fully saturated rings. The fraction of sp³-hybridized carbons (Fsp3) is 0.438. The molecule has 0 aliphatic carbocycles. The number of alkyl halides is 3. The fourth-order valence-corrected chi connectivity index (χ4v) is 10.7. The quantitative estimate of drug-likeness (QED) is 0.0894. The Morgan fingerprint density at radius 3 is 2.34 bits per heavy atom. The van der Waals surface area contributed by atoms with Crippen LogP contribution in [0.3, 0.4) is 0 Å². The zero-order valence-electron chi connectivity index (χ0n) is 39.8. The second-order valence-electron chi connectivity index (χ2n) is 18.0. The van der Waals surface area contributed by atoms with Crippen LogP contribution in [-0.4, -0.2) is 124 Å². The van der Waals surface area contributed by atoms with E-state index in [2.05, 4.69) is 61.4 Å². The normalized spacial score (nSPS) is 17.7. The van der Waals surface area contributed by atoms with Crippen molar-refractivity contribution in [2.24, 2.45) is 0 Å². The summed E-state index contributed by atoms with van der Waals surface area (Å²) in [7, 11) is -2.37. The van der Waals surface area contributed by atoms with Crippen molar-refractivity contribution in [1.82, 2.24) is 44.2 Å². The molecule has 0 saturated carbocycles. The first-order valence-corrected chi connectivity index (χ1v) is 25.6. The summed E-state index contributed by atoms with van der Waals surface area (Å²) < 4.78 is 79.4. The van der Waals surface area contributed by atoms with Crippen LogP contribution in [0.15, 0.2) is 65.8 Å². The van der Waals surface area contributed by atoms with E-state index in [0.717, 1.165) is 93.7 Å². The van der Waals surface area contributed by atoms with Crippen molar-refractivity contribution in [2.75, 3.05) is 79.4 Å². The number of ether oxygens (including phenoxy) is 1. The summed E-state index contributed by atoms with van der Waals surface area (Å²) in [5, 5.41) is 8.14. The predicted molar refractivity (Wildman–Crippen MR) is 264 cm³/mol. The molecule has 71 heavy (non-hydrogen) atoms. The molecule has 376 valence electrons. The monoisotopic (exact) mass is 999 g/mol. The Morgan fingerprint density at radius 2 is 1.65 bits per heavy atom. The number of anilines is 6. The maximum absolute atomic E-state index is 14.4. The largest absolute Gasteiger partial charge is 0.494 e. The second kappa shape index (κ2) is 20.1. The van der Waals surface area contributed by atoms with Gasteiger partial charge >= 0.3 is 11.9 Å². The van der Waals surface area contributed by atoms with Gasteiger partial charge in [-0.05, 0) is 74.4 Å². The minimum absolute atomic E-state index is 0.0330. The Kier molecular flexibility index (Phi) is 13.9. The maximum Gasteiger partial charge on any atom is 0.421 e. The molecule has 6 aromatic rings. The number of sulfonamides is 1. The van der Waals surface area contributed by atoms with E-state index < -0.39 is 39.5 Å². The van der Waals surface area contributed by atoms with Crippen LogP contribution in [0.25, 0.3) is 22.1 Å². The molecular weight excluding hydrogens is 944 g/mol. The van der Waals surface area contributed by atoms with Crippen LogP contribution in [0.4, 0.5) is 47.7 Å². The number of fused-ring (bicyclic) bond motifs is 2. The van der Waals surface area contributed by atoms with Gasteiger partial charge in [0.1, 0.15) is 28.7 Å². The summed E-state index contributed by atoms with van der Waals surface area (Å²) in [5.41, 5.74) is 3.98. The van der Waals surface area contributed by atoms with Gasteiger partial charge in [0.2, 0.25) is 27.8 Å². The molecule has 6 heterocycles. The summed E-state index contributed by atoms with van der Waals surface area (Å²) >= 11 is 0. The first kappa shape index (κ1) is 49.1. The number of carbonyl (C=O) groups is 2. The van der Waals surface area contributed by atoms with E-state index in [1.165, 1.54) is 31.6 Å². The summed E-state index contributed by atoms with van der Waals surface area (Å²) in [6.07, 6.45) is 3.30. The molecule has 0 radical (unpaired) electrons. The number of hydrogen-bond donors (Lipinski definition) is 4. The number of rotatable bonds is 15. The lowest BCUT2D eigenvalue weighted by molar-refractivity contribution is -0.138. The summed E-state index contributed by atoms with van der Waals surface area (Å²) in [5.74, 6) is -1.09. The molecular formula is C48H56F3N13O6S. The first-order valence-electron chi connectivity index (χ1n) is 23.7. The minimum Gasteiger partial charge on any atom is -0.494 e. The van der Waals surface area contributed by atoms with E-state index in [4.69, 9.17) is 4.74 Å². The molecule has 9 rings (SSSR count). The van der Waals surface area contributed by atoms with Crippen molar-refractivity contribution < 1.29 is 35.9 Å². The Hall–Kier alpha value is -6.85. The third kappa shape index (κ3) is 10.3. The number of para-hydroxylation sites is 1. The van der Waals surface area contributed by atoms with Crippen LogP contribution in [0, 0.1) is 0 Å². The molecule has 23 heteroatoms. The number of piperidine rings is 2. The molecule has 0 bridgehead atoms. The van der Waals surface area contributed by atoms with Crippen LogP contribution < -0.4 is 36.0 Å². The number of carbonyl (C=O) groups excluding carboxylic acids is 2. The number of aryl methyl sites for hydroxylation is 2. The van der Waals surface area contributed by atoms with Crippen molar-refractivity contribution in [3.05, 3.63) is 88.2 Å². The second-order valence-corrected chi connectivity index (χ2v) is 19.8. The van der Waals surface area contributed by atoms with Gasteiger partial charge in [-0.25, -0.2) is 18.2 Å². The summed E-state index contributed by atoms with van der Waals surface area (Å²) in [6.45, 7) is 10.6. The van der Waals surface area contributed by atoms with Crippen LogP contribution in [0.5, 0.6) is 5.75 Å². The van der Waals surface area contributed by atoms with E-state index in [0.29, 0.717) is 54.1 Å². The van der Waals surface area contributed by atoms with Crippen LogP contribution in [0.1, 0.15) is 62.3 Å². The van der Waals surface area contributed by atoms with E-state index in [1.54, 1.807) is 9.13 Å². The summed E-state index contributed by atoms with van der Waals surface area (Å²) in [4.78, 5) is 62.4. The number of hydrogen-bond acceptors (Lipinski definition) is 15. The summed E-state index contributed by atoms with van der Waals surface area (Å²) in [6, 6.07) is 12.3. The molecule has 0 spiro atoms. The number of nitrogens with one attached hydrogen (secondary N) is 4. The highest BCUT2D eigenvalue weighted by atomic mass is 32.2. The van der Waals surface area contributed by atoms with Gasteiger partial charge < -0.3 is 25.2 Å². The third-order valence-electron chi connectivity index (χ3n) is 13.6. The number of imide groups is 1. The number of methoxy groups -OCH3 is 1. The topological polar surface area (TPSA) is 214 Å². The van der Waals surface area contributed by atoms with E-state index in [1.807, 2.05) is 38.1 Å². The number of amides is 2. The Labute approximate surface area is 407 Å². The number of aromatic nitrogens is 6. The van der Waals surface area contributed by atoms with Crippen LogP contribution in [-0.2, 0) is 45.2 Å². The highest BCUT2D eigenvalue weighted by Crippen LogP contribution is 2.40. The fourth-order valence-electron chi connectivity index (χ4n) is 10.1. The van der Waals surface area contributed by atoms with E-state index in [9.17, 15) is 36.0 Å². The smallest absolute Gasteiger partial charge is 0.421 e. The number of piperazine rings is 1. The third-order valence-corrected chi connectivity index (χ3v) is 14.2. The molecule has 3 aliphatic heterocycles. The molecule has 1 unspecified atom stereocenters. The minimum atomic E-state index is -4.86. The zero-order chi connectivity index (χ0) is 50.2. The van der Waals surface area contributed by atoms with Crippen molar-refractivity contribution in [2.45, 2.75) is 77.2 Å². The average molecular weight is 1000 g/mol. The van der Waals surface area contributed by atoms with Gasteiger partial charge in [-0.1, -0.05) is 19.1 Å². The maximum atomic E-state index is 14.4. The number of benzene rings is 3. The van der Waals surface area contributed by atoms with E-state index in [-0.39, 0.29) is 40.9 Å². The average Bonchev–Trinajstić information content (AvgIpc) is 3.64. The molecule has 3 aromatic carbocycles. The van der Waals surface area contributed by atoms with Gasteiger partial charge in [-0.3, -0.25) is 43.6 Å². The van der Waals surface area contributed by atoms with Crippen LogP contribution >= 0.6 is 0 Å². The van der Waals surface area contributed by atoms with Crippen LogP contribution in [0.2, 0.25) is 0 Å². The lowest BCUT2D eigenvalue weighted by Gasteiger charge is -2.43. The first-order chi connectivity index (χ1) is 34.0. The van der Waals surface area contributed by atoms with Gasteiger partial charge in [0.05, 0.1) is 47.0 Å². The highest BCUT2D eigenvalue weighted by Gasteiger charge is 2.37. The molecule has 4 N–H and O–H groups in total. The zero-order valence-corrected chi connectivity index (χ0v) is 40.7. The lowest BCUT2D eigenvalue weighted by atomic mass is 9.99. The molecule has 1 atom stereocenters. The highest BCUT2D eigenvalue weighted by molar-refractivity contribution is 7.92. The van der Waals surface area contributed by atoms with Gasteiger partial charge in [-0.2, -0.15) is 18.2 Å². The molecule has 19 nitrogen and oxygen atoms in total. The standard InChI is InChI=1S/C48H56F3N13O6S/c1-5-29-26-35(56-46-54-28-32(48(49,50)51)44(58-46)55-34-11-10-33-41(53-18-17-52-33)42(34)59-71(4,68)69)39(70-3)27-38(29)62-20-15-31(16-21-62)61-24-22-60(23-25-61)19-14-30-8-7-9-36-43(30)63(6-2)47(67)64(36)37-12-13-40(65)57-45(37)66/h7-11,17-18,26-28,31,37,59H,5-6,12-16,19-25H2,1-4H3,(H,57,65,66)(H2,54,55,56,58).